The van der Waals surface area contributed by atoms with E-state index in [2.05, 4.69) is 5.32 Å². The summed E-state index contributed by atoms with van der Waals surface area (Å²) in [5.41, 5.74) is -0.0686. The van der Waals surface area contributed by atoms with Crippen LogP contribution in [0.25, 0.3) is 0 Å². The molecule has 6 heteroatoms. The van der Waals surface area contributed by atoms with Crippen molar-refractivity contribution in [2.45, 2.75) is 37.9 Å². The summed E-state index contributed by atoms with van der Waals surface area (Å²) in [5, 5.41) is 3.47. The van der Waals surface area contributed by atoms with E-state index in [0.717, 1.165) is 19.4 Å². The molecule has 1 saturated carbocycles. The van der Waals surface area contributed by atoms with Crippen LogP contribution in [0.2, 0.25) is 0 Å². The molecule has 3 nitrogen and oxygen atoms in total. The first kappa shape index (κ1) is 15.1. The smallest absolute Gasteiger partial charge is 0.381 e. The molecule has 0 radical (unpaired) electrons. The second kappa shape index (κ2) is 5.97. The number of hydrogen-bond acceptors (Lipinski definition) is 3. The monoisotopic (exact) mass is 280 g/mol. The van der Waals surface area contributed by atoms with Crippen molar-refractivity contribution in [1.29, 1.82) is 0 Å². The van der Waals surface area contributed by atoms with Gasteiger partial charge in [0.15, 0.2) is 0 Å². The molecule has 1 saturated heterocycles. The van der Waals surface area contributed by atoms with E-state index in [1.54, 1.807) is 7.05 Å². The van der Waals surface area contributed by atoms with Gasteiger partial charge in [0.1, 0.15) is 0 Å². The zero-order chi connectivity index (χ0) is 13.9. The highest BCUT2D eigenvalue weighted by Crippen LogP contribution is 2.33. The summed E-state index contributed by atoms with van der Waals surface area (Å²) in [5.74, 6) is 0. The van der Waals surface area contributed by atoms with Gasteiger partial charge in [0.25, 0.3) is 0 Å². The zero-order valence-electron chi connectivity index (χ0n) is 11.4. The van der Waals surface area contributed by atoms with Gasteiger partial charge in [0.2, 0.25) is 0 Å². The lowest BCUT2D eigenvalue weighted by atomic mass is 9.79. The third-order valence-electron chi connectivity index (χ3n) is 3.95. The van der Waals surface area contributed by atoms with Crippen molar-refractivity contribution >= 4 is 0 Å². The third-order valence-corrected chi connectivity index (χ3v) is 3.95. The maximum atomic E-state index is 12.4. The van der Waals surface area contributed by atoms with Crippen LogP contribution in [0.5, 0.6) is 0 Å². The molecule has 1 aliphatic carbocycles. The molecular weight excluding hydrogens is 257 g/mol. The number of alkyl halides is 3. The number of hydrogen-bond donors (Lipinski definition) is 1. The highest BCUT2D eigenvalue weighted by atomic mass is 19.4. The number of nitrogens with one attached hydrogen (secondary N) is 1. The lowest BCUT2D eigenvalue weighted by molar-refractivity contribution is -0.147. The van der Waals surface area contributed by atoms with Gasteiger partial charge < -0.3 is 10.1 Å². The fourth-order valence-electron chi connectivity index (χ4n) is 2.78. The van der Waals surface area contributed by atoms with Gasteiger partial charge in [0.05, 0.1) is 6.54 Å². The summed E-state index contributed by atoms with van der Waals surface area (Å²) < 4.78 is 42.6. The molecule has 1 aliphatic heterocycles. The van der Waals surface area contributed by atoms with Crippen molar-refractivity contribution in [3.63, 3.8) is 0 Å². The van der Waals surface area contributed by atoms with Crippen LogP contribution in [0.15, 0.2) is 0 Å². The predicted molar refractivity (Wildman–Crippen MR) is 67.1 cm³/mol. The molecule has 0 aromatic carbocycles. The van der Waals surface area contributed by atoms with Crippen LogP contribution in [-0.4, -0.2) is 57.0 Å². The highest BCUT2D eigenvalue weighted by molar-refractivity contribution is 4.91. The summed E-state index contributed by atoms with van der Waals surface area (Å²) >= 11 is 0. The summed E-state index contributed by atoms with van der Waals surface area (Å²) in [7, 11) is 1.56. The van der Waals surface area contributed by atoms with Crippen molar-refractivity contribution in [3.8, 4) is 0 Å². The van der Waals surface area contributed by atoms with Crippen molar-refractivity contribution < 1.29 is 17.9 Å². The van der Waals surface area contributed by atoms with Crippen LogP contribution in [0.3, 0.4) is 0 Å². The molecule has 0 atom stereocenters. The van der Waals surface area contributed by atoms with Gasteiger partial charge in [0, 0.05) is 32.3 Å². The lowest BCUT2D eigenvalue weighted by Crippen LogP contribution is -2.48. The topological polar surface area (TPSA) is 24.5 Å². The number of rotatable bonds is 6. The maximum Gasteiger partial charge on any atom is 0.401 e. The molecule has 19 heavy (non-hydrogen) atoms. The molecule has 2 aliphatic rings. The number of halogens is 3. The molecule has 1 N–H and O–H groups in total. The molecule has 2 fully saturated rings. The first-order chi connectivity index (χ1) is 8.89. The molecule has 0 unspecified atom stereocenters. The molecular formula is C13H23F3N2O. The first-order valence-electron chi connectivity index (χ1n) is 6.95. The average Bonchev–Trinajstić information content (AvgIpc) is 3.08. The SMILES string of the molecule is CN(CC(F)(F)F)CC1(CNC2CC2)CCOCC1. The standard InChI is InChI=1S/C13H23F3N2O/c1-18(10-13(14,15)16)9-12(4-6-19-7-5-12)8-17-11-2-3-11/h11,17H,2-10H2,1H3. The van der Waals surface area contributed by atoms with E-state index in [0.29, 0.717) is 25.8 Å². The molecule has 2 rings (SSSR count). The van der Waals surface area contributed by atoms with Crippen LogP contribution in [0.4, 0.5) is 13.2 Å². The Hall–Kier alpha value is -0.330. The fraction of sp³-hybridized carbons (Fsp3) is 1.00. The maximum absolute atomic E-state index is 12.4. The molecule has 1 heterocycles. The Morgan fingerprint density at radius 3 is 2.42 bits per heavy atom. The van der Waals surface area contributed by atoms with Crippen LogP contribution >= 0.6 is 0 Å². The van der Waals surface area contributed by atoms with E-state index in [1.165, 1.54) is 17.7 Å². The van der Waals surface area contributed by atoms with Crippen LogP contribution in [-0.2, 0) is 4.74 Å². The van der Waals surface area contributed by atoms with E-state index < -0.39 is 12.7 Å². The van der Waals surface area contributed by atoms with E-state index in [1.807, 2.05) is 0 Å². The molecule has 0 aromatic rings. The van der Waals surface area contributed by atoms with Gasteiger partial charge in [-0.3, -0.25) is 4.90 Å². The van der Waals surface area contributed by atoms with E-state index >= 15 is 0 Å². The van der Waals surface area contributed by atoms with Gasteiger partial charge >= 0.3 is 6.18 Å². The van der Waals surface area contributed by atoms with Crippen LogP contribution < -0.4 is 5.32 Å². The Morgan fingerprint density at radius 2 is 1.89 bits per heavy atom. The second-order valence-corrected chi connectivity index (χ2v) is 6.06. The minimum absolute atomic E-state index is 0.0686. The molecule has 0 spiro atoms. The Labute approximate surface area is 112 Å². The minimum Gasteiger partial charge on any atom is -0.381 e. The average molecular weight is 280 g/mol. The predicted octanol–water partition coefficient (Wildman–Crippen LogP) is 2.03. The highest BCUT2D eigenvalue weighted by Gasteiger charge is 2.38. The van der Waals surface area contributed by atoms with Gasteiger partial charge in [-0.15, -0.1) is 0 Å². The van der Waals surface area contributed by atoms with E-state index in [9.17, 15) is 13.2 Å². The van der Waals surface area contributed by atoms with Gasteiger partial charge in [-0.05, 0) is 38.1 Å². The van der Waals surface area contributed by atoms with Crippen molar-refractivity contribution in [2.24, 2.45) is 5.41 Å². The van der Waals surface area contributed by atoms with Gasteiger partial charge in [-0.2, -0.15) is 13.2 Å². The van der Waals surface area contributed by atoms with E-state index in [4.69, 9.17) is 4.74 Å². The Bertz CT molecular complexity index is 286. The Kier molecular flexibility index (Phi) is 4.74. The zero-order valence-corrected chi connectivity index (χ0v) is 11.4. The molecule has 0 amide bonds. The normalized spacial score (nSPS) is 23.8. The summed E-state index contributed by atoms with van der Waals surface area (Å²) in [6.45, 7) is 1.77. The second-order valence-electron chi connectivity index (χ2n) is 6.06. The molecule has 0 aromatic heterocycles. The first-order valence-corrected chi connectivity index (χ1v) is 6.95. The van der Waals surface area contributed by atoms with Crippen LogP contribution in [0.1, 0.15) is 25.7 Å². The summed E-state index contributed by atoms with van der Waals surface area (Å²) in [4.78, 5) is 1.40. The van der Waals surface area contributed by atoms with Gasteiger partial charge in [-0.1, -0.05) is 0 Å². The van der Waals surface area contributed by atoms with E-state index in [-0.39, 0.29) is 5.41 Å². The van der Waals surface area contributed by atoms with Crippen LogP contribution in [0, 0.1) is 5.41 Å². The lowest BCUT2D eigenvalue weighted by Gasteiger charge is -2.40. The minimum atomic E-state index is -4.12. The van der Waals surface area contributed by atoms with Gasteiger partial charge in [-0.25, -0.2) is 0 Å². The van der Waals surface area contributed by atoms with Crippen molar-refractivity contribution in [3.05, 3.63) is 0 Å². The summed E-state index contributed by atoms with van der Waals surface area (Å²) in [6.07, 6.45) is -0.0369. The Morgan fingerprint density at radius 1 is 1.26 bits per heavy atom. The number of nitrogens with zero attached hydrogens (tertiary/aromatic N) is 1. The van der Waals surface area contributed by atoms with Crippen molar-refractivity contribution in [2.75, 3.05) is 39.9 Å². The number of ether oxygens (including phenoxy) is 1. The molecule has 0 bridgehead atoms. The molecule has 112 valence electrons. The summed E-state index contributed by atoms with van der Waals surface area (Å²) in [6, 6.07) is 0.590. The third kappa shape index (κ3) is 5.28. The van der Waals surface area contributed by atoms with Crippen molar-refractivity contribution in [1.82, 2.24) is 10.2 Å². The largest absolute Gasteiger partial charge is 0.401 e. The fourth-order valence-corrected chi connectivity index (χ4v) is 2.78. The quantitative estimate of drug-likeness (QED) is 0.805. The Balaban J connectivity index is 1.88.